The van der Waals surface area contributed by atoms with Crippen molar-refractivity contribution in [1.29, 1.82) is 0 Å². The van der Waals surface area contributed by atoms with Gasteiger partial charge in [-0.25, -0.2) is 4.98 Å². The minimum absolute atomic E-state index is 0.0512. The van der Waals surface area contributed by atoms with Crippen LogP contribution in [0.1, 0.15) is 13.8 Å². The molecule has 25 heavy (non-hydrogen) atoms. The number of anilines is 1. The molecule has 0 amide bonds. The van der Waals surface area contributed by atoms with Crippen LogP contribution in [-0.2, 0) is 4.74 Å². The van der Waals surface area contributed by atoms with Crippen LogP contribution in [-0.4, -0.2) is 62.3 Å². The number of fused-ring (bicyclic) bond motifs is 1. The molecule has 0 spiro atoms. The fourth-order valence-electron chi connectivity index (χ4n) is 2.56. The second kappa shape index (κ2) is 7.14. The Labute approximate surface area is 153 Å². The van der Waals surface area contributed by atoms with Crippen molar-refractivity contribution in [3.8, 4) is 0 Å². The Kier molecular flexibility index (Phi) is 5.29. The first-order valence-electron chi connectivity index (χ1n) is 7.75. The molecule has 1 aromatic heterocycles. The minimum Gasteiger partial charge on any atom is -0.394 e. The molecule has 1 aliphatic rings. The number of aliphatic hydroxyl groups excluding tert-OH is 3. The molecule has 1 fully saturated rings. The molecule has 0 unspecified atom stereocenters. The van der Waals surface area contributed by atoms with Crippen LogP contribution in [0, 0.1) is 0 Å². The van der Waals surface area contributed by atoms with Crippen LogP contribution in [0.3, 0.4) is 0 Å². The average molecular weight is 392 g/mol. The summed E-state index contributed by atoms with van der Waals surface area (Å²) in [7, 11) is 0. The van der Waals surface area contributed by atoms with Crippen LogP contribution in [0.5, 0.6) is 0 Å². The van der Waals surface area contributed by atoms with E-state index in [4.69, 9.17) is 32.8 Å². The first kappa shape index (κ1) is 18.5. The van der Waals surface area contributed by atoms with Gasteiger partial charge in [-0.3, -0.25) is 0 Å². The second-order valence-corrected chi connectivity index (χ2v) is 6.91. The first-order valence-corrected chi connectivity index (χ1v) is 8.51. The lowest BCUT2D eigenvalue weighted by Gasteiger charge is -2.20. The Hall–Kier alpha value is -1.29. The molecule has 4 atom stereocenters. The maximum absolute atomic E-state index is 10.1. The topological polar surface area (TPSA) is 109 Å². The van der Waals surface area contributed by atoms with E-state index in [1.165, 1.54) is 4.73 Å². The van der Waals surface area contributed by atoms with Gasteiger partial charge in [0.1, 0.15) is 23.8 Å². The van der Waals surface area contributed by atoms with Gasteiger partial charge >= 0.3 is 0 Å². The summed E-state index contributed by atoms with van der Waals surface area (Å²) in [4.78, 5) is 10.1. The van der Waals surface area contributed by atoms with E-state index in [9.17, 15) is 15.3 Å². The van der Waals surface area contributed by atoms with Crippen molar-refractivity contribution in [2.45, 2.75) is 44.5 Å². The van der Waals surface area contributed by atoms with Crippen molar-refractivity contribution in [3.05, 3.63) is 22.2 Å². The molecule has 10 heteroatoms. The summed E-state index contributed by atoms with van der Waals surface area (Å²) in [5, 5.41) is 32.9. The van der Waals surface area contributed by atoms with Gasteiger partial charge in [0, 0.05) is 6.04 Å². The zero-order chi connectivity index (χ0) is 18.3. The van der Waals surface area contributed by atoms with Gasteiger partial charge in [0.15, 0.2) is 0 Å². The molecule has 0 radical (unpaired) electrons. The summed E-state index contributed by atoms with van der Waals surface area (Å²) in [6.45, 7) is 3.41. The van der Waals surface area contributed by atoms with E-state index >= 15 is 0 Å². The summed E-state index contributed by atoms with van der Waals surface area (Å²) < 4.78 is 6.69. The molecule has 2 aromatic rings. The standard InChI is InChI=1S/C15H19Cl2N3O5/c1-6(2)18-15-19-9-3-7(16)8(17)4-10(9)20(15)25-14-13(23)12(22)11(5-21)24-14/h3-4,6,11-14,21-23H,5H2,1-2H3,(H,18,19)/t11-,12-,13-,14+/m0/s1. The number of nitrogens with one attached hydrogen (secondary N) is 1. The SMILES string of the molecule is CC(C)Nc1nc2cc(Cl)c(Cl)cc2n1O[C@H]1O[C@@H](CO)[C@H](O)[C@@H]1O. The number of rotatable bonds is 5. The van der Waals surface area contributed by atoms with E-state index in [2.05, 4.69) is 10.3 Å². The highest BCUT2D eigenvalue weighted by atomic mass is 35.5. The normalized spacial score (nSPS) is 26.6. The minimum atomic E-state index is -1.33. The highest BCUT2D eigenvalue weighted by Gasteiger charge is 2.44. The average Bonchev–Trinajstić information content (AvgIpc) is 3.00. The van der Waals surface area contributed by atoms with Crippen molar-refractivity contribution in [2.75, 3.05) is 11.9 Å². The number of benzene rings is 1. The Morgan fingerprint density at radius 3 is 2.56 bits per heavy atom. The lowest BCUT2D eigenvalue weighted by molar-refractivity contribution is -0.167. The third kappa shape index (κ3) is 3.51. The number of hydrogen-bond acceptors (Lipinski definition) is 7. The fraction of sp³-hybridized carbons (Fsp3) is 0.533. The summed E-state index contributed by atoms with van der Waals surface area (Å²) in [5.41, 5.74) is 1.04. The molecule has 1 saturated heterocycles. The molecule has 4 N–H and O–H groups in total. The Morgan fingerprint density at radius 1 is 1.28 bits per heavy atom. The number of hydrogen-bond donors (Lipinski definition) is 4. The summed E-state index contributed by atoms with van der Waals surface area (Å²) in [6.07, 6.45) is -4.71. The van der Waals surface area contributed by atoms with Crippen LogP contribution in [0.25, 0.3) is 11.0 Å². The van der Waals surface area contributed by atoms with Crippen molar-refractivity contribution in [3.63, 3.8) is 0 Å². The number of imidazole rings is 1. The first-order chi connectivity index (χ1) is 11.8. The van der Waals surface area contributed by atoms with Gasteiger partial charge in [-0.2, -0.15) is 0 Å². The largest absolute Gasteiger partial charge is 0.394 e. The van der Waals surface area contributed by atoms with E-state index in [0.717, 1.165) is 0 Å². The second-order valence-electron chi connectivity index (χ2n) is 6.10. The number of halogens is 2. The quantitative estimate of drug-likeness (QED) is 0.602. The monoisotopic (exact) mass is 391 g/mol. The van der Waals surface area contributed by atoms with Gasteiger partial charge < -0.3 is 30.2 Å². The molecular weight excluding hydrogens is 373 g/mol. The van der Waals surface area contributed by atoms with Gasteiger partial charge in [-0.05, 0) is 26.0 Å². The van der Waals surface area contributed by atoms with Crippen molar-refractivity contribution in [2.24, 2.45) is 0 Å². The maximum atomic E-state index is 10.1. The lowest BCUT2D eigenvalue weighted by Crippen LogP contribution is -2.38. The summed E-state index contributed by atoms with van der Waals surface area (Å²) in [6, 6.07) is 3.23. The van der Waals surface area contributed by atoms with Crippen LogP contribution in [0.15, 0.2) is 12.1 Å². The van der Waals surface area contributed by atoms with Gasteiger partial charge in [-0.15, -0.1) is 4.73 Å². The van der Waals surface area contributed by atoms with Crippen molar-refractivity contribution >= 4 is 40.2 Å². The Morgan fingerprint density at radius 2 is 1.96 bits per heavy atom. The van der Waals surface area contributed by atoms with E-state index in [1.54, 1.807) is 12.1 Å². The van der Waals surface area contributed by atoms with Crippen LogP contribution in [0.2, 0.25) is 10.0 Å². The van der Waals surface area contributed by atoms with Crippen molar-refractivity contribution < 1.29 is 24.9 Å². The van der Waals surface area contributed by atoms with Crippen LogP contribution >= 0.6 is 23.2 Å². The molecule has 0 bridgehead atoms. The Balaban J connectivity index is 2.00. The number of ether oxygens (including phenoxy) is 1. The smallest absolute Gasteiger partial charge is 0.254 e. The van der Waals surface area contributed by atoms with Gasteiger partial charge in [0.2, 0.25) is 5.95 Å². The molecule has 0 saturated carbocycles. The van der Waals surface area contributed by atoms with Gasteiger partial charge in [0.25, 0.3) is 6.29 Å². The van der Waals surface area contributed by atoms with E-state index in [1.807, 2.05) is 13.8 Å². The summed E-state index contributed by atoms with van der Waals surface area (Å²) >= 11 is 12.1. The molecule has 1 aromatic carbocycles. The van der Waals surface area contributed by atoms with E-state index in [-0.39, 0.29) is 6.04 Å². The molecule has 1 aliphatic heterocycles. The van der Waals surface area contributed by atoms with E-state index in [0.29, 0.717) is 27.0 Å². The molecule has 8 nitrogen and oxygen atoms in total. The highest BCUT2D eigenvalue weighted by molar-refractivity contribution is 6.42. The molecule has 0 aliphatic carbocycles. The molecule has 2 heterocycles. The maximum Gasteiger partial charge on any atom is 0.254 e. The number of aromatic nitrogens is 2. The molecule has 3 rings (SSSR count). The zero-order valence-corrected chi connectivity index (χ0v) is 15.1. The number of aliphatic hydroxyl groups is 3. The predicted octanol–water partition coefficient (Wildman–Crippen LogP) is 1.03. The summed E-state index contributed by atoms with van der Waals surface area (Å²) in [5.74, 6) is 0.362. The van der Waals surface area contributed by atoms with Crippen LogP contribution < -0.4 is 10.2 Å². The predicted molar refractivity (Wildman–Crippen MR) is 92.9 cm³/mol. The number of nitrogens with zero attached hydrogens (tertiary/aromatic N) is 2. The van der Waals surface area contributed by atoms with Gasteiger partial charge in [-0.1, -0.05) is 23.2 Å². The fourth-order valence-corrected chi connectivity index (χ4v) is 2.88. The Bertz CT molecular complexity index is 769. The van der Waals surface area contributed by atoms with Crippen LogP contribution in [0.4, 0.5) is 5.95 Å². The van der Waals surface area contributed by atoms with E-state index < -0.39 is 31.2 Å². The third-order valence-corrected chi connectivity index (χ3v) is 4.50. The third-order valence-electron chi connectivity index (χ3n) is 3.78. The van der Waals surface area contributed by atoms with Gasteiger partial charge in [0.05, 0.1) is 22.2 Å². The van der Waals surface area contributed by atoms with Crippen molar-refractivity contribution in [1.82, 2.24) is 9.71 Å². The lowest BCUT2D eigenvalue weighted by atomic mass is 10.1. The molecular formula is C15H19Cl2N3O5. The highest BCUT2D eigenvalue weighted by Crippen LogP contribution is 2.30. The zero-order valence-electron chi connectivity index (χ0n) is 13.6. The molecule has 138 valence electrons.